The molecule has 17 heavy (non-hydrogen) atoms. The molecule has 0 unspecified atom stereocenters. The van der Waals surface area contributed by atoms with Crippen LogP contribution < -0.4 is 5.32 Å². The normalized spacial score (nSPS) is 9.94. The molecule has 2 aromatic rings. The predicted molar refractivity (Wildman–Crippen MR) is 70.1 cm³/mol. The van der Waals surface area contributed by atoms with E-state index in [1.807, 2.05) is 18.2 Å². The highest BCUT2D eigenvalue weighted by Crippen LogP contribution is 2.21. The van der Waals surface area contributed by atoms with E-state index in [1.165, 1.54) is 15.3 Å². The quantitative estimate of drug-likeness (QED) is 0.900. The summed E-state index contributed by atoms with van der Waals surface area (Å²) in [6, 6.07) is 9.61. The molecule has 2 rings (SSSR count). The molecular formula is C13H13N3S. The molecule has 0 atom stereocenters. The van der Waals surface area contributed by atoms with Gasteiger partial charge in [0.2, 0.25) is 0 Å². The van der Waals surface area contributed by atoms with E-state index in [1.54, 1.807) is 17.4 Å². The second-order valence-electron chi connectivity index (χ2n) is 3.83. The van der Waals surface area contributed by atoms with Crippen LogP contribution in [0.1, 0.15) is 21.0 Å². The highest BCUT2D eigenvalue weighted by atomic mass is 32.1. The Morgan fingerprint density at radius 1 is 1.41 bits per heavy atom. The molecule has 2 heterocycles. The third-order valence-corrected chi connectivity index (χ3v) is 3.68. The molecule has 0 radical (unpaired) electrons. The van der Waals surface area contributed by atoms with Crippen molar-refractivity contribution in [2.24, 2.45) is 0 Å². The molecule has 0 aliphatic heterocycles. The fraction of sp³-hybridized carbons (Fsp3) is 0.231. The van der Waals surface area contributed by atoms with Gasteiger partial charge in [-0.25, -0.2) is 4.98 Å². The lowest BCUT2D eigenvalue weighted by Crippen LogP contribution is -2.00. The average Bonchev–Trinajstić information content (AvgIpc) is 2.67. The minimum Gasteiger partial charge on any atom is -0.365 e. The zero-order valence-electron chi connectivity index (χ0n) is 9.82. The smallest absolute Gasteiger partial charge is 0.142 e. The first-order valence-electron chi connectivity index (χ1n) is 5.36. The van der Waals surface area contributed by atoms with Crippen LogP contribution in [0.15, 0.2) is 24.3 Å². The molecular weight excluding hydrogens is 230 g/mol. The Hall–Kier alpha value is -1.86. The van der Waals surface area contributed by atoms with Gasteiger partial charge in [0.25, 0.3) is 0 Å². The molecule has 0 aromatic carbocycles. The molecule has 0 saturated carbocycles. The molecule has 2 aromatic heterocycles. The van der Waals surface area contributed by atoms with Gasteiger partial charge in [0.1, 0.15) is 17.6 Å². The molecule has 0 amide bonds. The highest BCUT2D eigenvalue weighted by Gasteiger charge is 2.02. The maximum atomic E-state index is 8.75. The molecule has 0 saturated heterocycles. The van der Waals surface area contributed by atoms with Crippen molar-refractivity contribution in [3.8, 4) is 6.07 Å². The van der Waals surface area contributed by atoms with Gasteiger partial charge in [-0.15, -0.1) is 11.3 Å². The lowest BCUT2D eigenvalue weighted by molar-refractivity contribution is 1.13. The number of pyridine rings is 1. The number of nitrogens with one attached hydrogen (secondary N) is 1. The number of aromatic nitrogens is 1. The van der Waals surface area contributed by atoms with E-state index in [2.05, 4.69) is 30.2 Å². The second kappa shape index (κ2) is 4.98. The minimum atomic E-state index is 0.438. The van der Waals surface area contributed by atoms with Gasteiger partial charge >= 0.3 is 0 Å². The summed E-state index contributed by atoms with van der Waals surface area (Å²) < 4.78 is 0. The molecule has 0 spiro atoms. The van der Waals surface area contributed by atoms with E-state index in [0.717, 1.165) is 12.4 Å². The van der Waals surface area contributed by atoms with Crippen LogP contribution in [0.3, 0.4) is 0 Å². The van der Waals surface area contributed by atoms with Crippen molar-refractivity contribution in [1.82, 2.24) is 4.98 Å². The summed E-state index contributed by atoms with van der Waals surface area (Å²) in [6.07, 6.45) is 0. The molecule has 3 nitrogen and oxygen atoms in total. The number of anilines is 1. The van der Waals surface area contributed by atoms with E-state index in [0.29, 0.717) is 5.69 Å². The van der Waals surface area contributed by atoms with Crippen LogP contribution in [0.4, 0.5) is 5.82 Å². The Morgan fingerprint density at radius 2 is 2.24 bits per heavy atom. The Morgan fingerprint density at radius 3 is 2.88 bits per heavy atom. The zero-order chi connectivity index (χ0) is 12.3. The Labute approximate surface area is 105 Å². The standard InChI is InChI=1S/C13H13N3S/c1-9-6-12(17-10(9)2)8-15-13-5-3-4-11(7-14)16-13/h3-6H,8H2,1-2H3,(H,15,16). The lowest BCUT2D eigenvalue weighted by atomic mass is 10.3. The fourth-order valence-electron chi connectivity index (χ4n) is 1.51. The van der Waals surface area contributed by atoms with Crippen molar-refractivity contribution >= 4 is 17.2 Å². The van der Waals surface area contributed by atoms with Crippen LogP contribution in [0.25, 0.3) is 0 Å². The summed E-state index contributed by atoms with van der Waals surface area (Å²) in [7, 11) is 0. The molecule has 1 N–H and O–H groups in total. The van der Waals surface area contributed by atoms with Crippen LogP contribution in [0, 0.1) is 25.2 Å². The lowest BCUT2D eigenvalue weighted by Gasteiger charge is -2.03. The fourth-order valence-corrected chi connectivity index (χ4v) is 2.50. The molecule has 0 fully saturated rings. The number of hydrogen-bond donors (Lipinski definition) is 1. The molecule has 0 aliphatic carbocycles. The van der Waals surface area contributed by atoms with E-state index in [4.69, 9.17) is 5.26 Å². The van der Waals surface area contributed by atoms with Gasteiger partial charge in [-0.1, -0.05) is 6.07 Å². The van der Waals surface area contributed by atoms with Crippen LogP contribution in [0.5, 0.6) is 0 Å². The maximum absolute atomic E-state index is 8.75. The summed E-state index contributed by atoms with van der Waals surface area (Å²) in [5.74, 6) is 0.743. The van der Waals surface area contributed by atoms with Gasteiger partial charge < -0.3 is 5.32 Å². The van der Waals surface area contributed by atoms with Gasteiger partial charge in [0.05, 0.1) is 6.54 Å². The summed E-state index contributed by atoms with van der Waals surface area (Å²) in [5, 5.41) is 12.0. The third kappa shape index (κ3) is 2.83. The Kier molecular flexibility index (Phi) is 3.40. The van der Waals surface area contributed by atoms with E-state index >= 15 is 0 Å². The van der Waals surface area contributed by atoms with Gasteiger partial charge in [0.15, 0.2) is 0 Å². The molecule has 0 aliphatic rings. The Balaban J connectivity index is 2.05. The first-order valence-corrected chi connectivity index (χ1v) is 6.17. The number of thiophene rings is 1. The van der Waals surface area contributed by atoms with Gasteiger partial charge in [0, 0.05) is 9.75 Å². The number of hydrogen-bond acceptors (Lipinski definition) is 4. The predicted octanol–water partition coefficient (Wildman–Crippen LogP) is 3.24. The SMILES string of the molecule is Cc1cc(CNc2cccc(C#N)n2)sc1C. The molecule has 86 valence electrons. The highest BCUT2D eigenvalue weighted by molar-refractivity contribution is 7.12. The van der Waals surface area contributed by atoms with Crippen molar-refractivity contribution in [3.63, 3.8) is 0 Å². The first kappa shape index (κ1) is 11.6. The van der Waals surface area contributed by atoms with Gasteiger partial charge in [-0.05, 0) is 37.6 Å². The number of nitrogens with zero attached hydrogens (tertiary/aromatic N) is 2. The monoisotopic (exact) mass is 243 g/mol. The second-order valence-corrected chi connectivity index (χ2v) is 5.17. The molecule has 0 bridgehead atoms. The van der Waals surface area contributed by atoms with Gasteiger partial charge in [-0.3, -0.25) is 0 Å². The van der Waals surface area contributed by atoms with Crippen molar-refractivity contribution < 1.29 is 0 Å². The van der Waals surface area contributed by atoms with Crippen LogP contribution >= 0.6 is 11.3 Å². The maximum Gasteiger partial charge on any atom is 0.142 e. The molecule has 4 heteroatoms. The topological polar surface area (TPSA) is 48.7 Å². The number of aryl methyl sites for hydroxylation is 2. The van der Waals surface area contributed by atoms with Crippen molar-refractivity contribution in [3.05, 3.63) is 45.3 Å². The largest absolute Gasteiger partial charge is 0.365 e. The summed E-state index contributed by atoms with van der Waals surface area (Å²) in [5.41, 5.74) is 1.76. The van der Waals surface area contributed by atoms with Crippen LogP contribution in [-0.4, -0.2) is 4.98 Å². The minimum absolute atomic E-state index is 0.438. The van der Waals surface area contributed by atoms with Crippen LogP contribution in [0.2, 0.25) is 0 Å². The van der Waals surface area contributed by atoms with Crippen molar-refractivity contribution in [1.29, 1.82) is 5.26 Å². The van der Waals surface area contributed by atoms with E-state index in [-0.39, 0.29) is 0 Å². The first-order chi connectivity index (χ1) is 8.19. The van der Waals surface area contributed by atoms with Gasteiger partial charge in [-0.2, -0.15) is 5.26 Å². The summed E-state index contributed by atoms with van der Waals surface area (Å²) in [6.45, 7) is 4.99. The average molecular weight is 243 g/mol. The third-order valence-electron chi connectivity index (χ3n) is 2.52. The number of nitriles is 1. The summed E-state index contributed by atoms with van der Waals surface area (Å²) >= 11 is 1.79. The Bertz CT molecular complexity index is 547. The van der Waals surface area contributed by atoms with E-state index in [9.17, 15) is 0 Å². The van der Waals surface area contributed by atoms with E-state index < -0.39 is 0 Å². The van der Waals surface area contributed by atoms with Crippen molar-refractivity contribution in [2.75, 3.05) is 5.32 Å². The summed E-state index contributed by atoms with van der Waals surface area (Å²) in [4.78, 5) is 6.80. The van der Waals surface area contributed by atoms with Crippen molar-refractivity contribution in [2.45, 2.75) is 20.4 Å². The number of rotatable bonds is 3. The van der Waals surface area contributed by atoms with Crippen LogP contribution in [-0.2, 0) is 6.54 Å². The zero-order valence-corrected chi connectivity index (χ0v) is 10.6.